The Labute approximate surface area is 121 Å². The van der Waals surface area contributed by atoms with Crippen LogP contribution in [-0.4, -0.2) is 0 Å². The fraction of sp³-hybridized carbons (Fsp3) is 0.684. The molecule has 0 spiro atoms. The lowest BCUT2D eigenvalue weighted by molar-refractivity contribution is 0.444. The first-order valence-electron chi connectivity index (χ1n) is 8.21. The molecule has 110 valence electrons. The lowest BCUT2D eigenvalue weighted by Crippen LogP contribution is -1.95. The molecule has 0 aromatic heterocycles. The van der Waals surface area contributed by atoms with Crippen molar-refractivity contribution in [2.24, 2.45) is 5.41 Å². The van der Waals surface area contributed by atoms with Crippen LogP contribution in [0.4, 0.5) is 0 Å². The zero-order chi connectivity index (χ0) is 14.7. The molecule has 0 saturated heterocycles. The van der Waals surface area contributed by atoms with Crippen LogP contribution in [0.3, 0.4) is 0 Å². The van der Waals surface area contributed by atoms with Gasteiger partial charge in [0.2, 0.25) is 0 Å². The summed E-state index contributed by atoms with van der Waals surface area (Å²) < 4.78 is 0. The van der Waals surface area contributed by atoms with Crippen LogP contribution in [0.25, 0.3) is 0 Å². The van der Waals surface area contributed by atoms with Gasteiger partial charge in [0.15, 0.2) is 0 Å². The minimum Gasteiger partial charge on any atom is -0.0683 e. The van der Waals surface area contributed by atoms with Crippen LogP contribution in [0.2, 0.25) is 0 Å². The fourth-order valence-electron chi connectivity index (χ4n) is 2.31. The van der Waals surface area contributed by atoms with E-state index in [4.69, 9.17) is 0 Å². The molecule has 0 radical (unpaired) electrons. The first-order valence-corrected chi connectivity index (χ1v) is 8.21. The van der Waals surface area contributed by atoms with Crippen molar-refractivity contribution in [2.45, 2.75) is 80.1 Å². The highest BCUT2D eigenvalue weighted by Crippen LogP contribution is 2.52. The second-order valence-corrected chi connectivity index (χ2v) is 5.44. The molecule has 0 bridgehead atoms. The SMILES string of the molecule is CC.CCCC1(CC)CC1.CCc1ccc(C)cc1. The van der Waals surface area contributed by atoms with E-state index in [0.717, 1.165) is 11.8 Å². The Bertz CT molecular complexity index is 303. The van der Waals surface area contributed by atoms with E-state index >= 15 is 0 Å². The van der Waals surface area contributed by atoms with Gasteiger partial charge in [-0.25, -0.2) is 0 Å². The Morgan fingerprint density at radius 3 is 1.74 bits per heavy atom. The van der Waals surface area contributed by atoms with Gasteiger partial charge in [-0.3, -0.25) is 0 Å². The second kappa shape index (κ2) is 10.1. The first kappa shape index (κ1) is 18.2. The topological polar surface area (TPSA) is 0 Å². The van der Waals surface area contributed by atoms with E-state index in [-0.39, 0.29) is 0 Å². The zero-order valence-corrected chi connectivity index (χ0v) is 14.1. The highest BCUT2D eigenvalue weighted by molar-refractivity contribution is 5.20. The molecular formula is C19H34. The predicted octanol–water partition coefficient (Wildman–Crippen LogP) is 6.56. The maximum atomic E-state index is 2.32. The van der Waals surface area contributed by atoms with Crippen molar-refractivity contribution in [3.63, 3.8) is 0 Å². The van der Waals surface area contributed by atoms with Crippen LogP contribution in [0.1, 0.15) is 77.8 Å². The smallest absolute Gasteiger partial charge is 0.0300 e. The molecule has 1 aliphatic carbocycles. The maximum absolute atomic E-state index is 2.32. The van der Waals surface area contributed by atoms with E-state index in [1.165, 1.54) is 43.2 Å². The van der Waals surface area contributed by atoms with Gasteiger partial charge in [0, 0.05) is 0 Å². The third kappa shape index (κ3) is 7.40. The zero-order valence-electron chi connectivity index (χ0n) is 14.1. The average Bonchev–Trinajstić information content (AvgIpc) is 3.23. The Morgan fingerprint density at radius 1 is 0.947 bits per heavy atom. The Kier molecular flexibility index (Phi) is 9.65. The van der Waals surface area contributed by atoms with Crippen molar-refractivity contribution in [2.75, 3.05) is 0 Å². The number of hydrogen-bond acceptors (Lipinski definition) is 0. The van der Waals surface area contributed by atoms with Crippen LogP contribution < -0.4 is 0 Å². The molecule has 0 amide bonds. The van der Waals surface area contributed by atoms with Crippen molar-refractivity contribution >= 4 is 0 Å². The van der Waals surface area contributed by atoms with Gasteiger partial charge in [-0.15, -0.1) is 0 Å². The van der Waals surface area contributed by atoms with Gasteiger partial charge < -0.3 is 0 Å². The average molecular weight is 262 g/mol. The highest BCUT2D eigenvalue weighted by atomic mass is 14.4. The van der Waals surface area contributed by atoms with Crippen molar-refractivity contribution in [1.82, 2.24) is 0 Å². The quantitative estimate of drug-likeness (QED) is 0.576. The normalized spacial score (nSPS) is 14.6. The minimum absolute atomic E-state index is 0.842. The summed E-state index contributed by atoms with van der Waals surface area (Å²) in [6, 6.07) is 8.66. The lowest BCUT2D eigenvalue weighted by Gasteiger charge is -2.07. The van der Waals surface area contributed by atoms with E-state index in [0.29, 0.717) is 0 Å². The van der Waals surface area contributed by atoms with Crippen LogP contribution in [0.15, 0.2) is 24.3 Å². The number of benzene rings is 1. The van der Waals surface area contributed by atoms with Crippen molar-refractivity contribution < 1.29 is 0 Å². The van der Waals surface area contributed by atoms with Crippen LogP contribution >= 0.6 is 0 Å². The summed E-state index contributed by atoms with van der Waals surface area (Å²) in [7, 11) is 0. The summed E-state index contributed by atoms with van der Waals surface area (Å²) in [5.74, 6) is 0. The van der Waals surface area contributed by atoms with Gasteiger partial charge in [-0.1, -0.05) is 77.3 Å². The van der Waals surface area contributed by atoms with E-state index in [1.54, 1.807) is 0 Å². The number of aryl methyl sites for hydroxylation is 2. The molecule has 0 aliphatic heterocycles. The molecule has 1 aromatic carbocycles. The third-order valence-electron chi connectivity index (χ3n) is 4.02. The van der Waals surface area contributed by atoms with Gasteiger partial charge in [0.05, 0.1) is 0 Å². The molecule has 0 atom stereocenters. The molecular weight excluding hydrogens is 228 g/mol. The number of hydrogen-bond donors (Lipinski definition) is 0. The molecule has 1 saturated carbocycles. The molecule has 1 aliphatic rings. The molecule has 0 heteroatoms. The maximum Gasteiger partial charge on any atom is -0.0300 e. The van der Waals surface area contributed by atoms with Crippen LogP contribution in [0, 0.1) is 12.3 Å². The van der Waals surface area contributed by atoms with Gasteiger partial charge in [0.1, 0.15) is 0 Å². The summed E-state index contributed by atoms with van der Waals surface area (Å²) in [6.07, 6.45) is 8.44. The first-order chi connectivity index (χ1) is 9.15. The molecule has 19 heavy (non-hydrogen) atoms. The summed E-state index contributed by atoms with van der Waals surface area (Å²) in [6.45, 7) is 12.9. The van der Waals surface area contributed by atoms with Gasteiger partial charge in [-0.2, -0.15) is 0 Å². The van der Waals surface area contributed by atoms with Gasteiger partial charge in [-0.05, 0) is 43.6 Å². The van der Waals surface area contributed by atoms with Crippen LogP contribution in [0.5, 0.6) is 0 Å². The van der Waals surface area contributed by atoms with Crippen molar-refractivity contribution in [3.8, 4) is 0 Å². The molecule has 0 nitrogen and oxygen atoms in total. The molecule has 1 aromatic rings. The van der Waals surface area contributed by atoms with Gasteiger partial charge in [0.25, 0.3) is 0 Å². The third-order valence-corrected chi connectivity index (χ3v) is 4.02. The van der Waals surface area contributed by atoms with E-state index in [2.05, 4.69) is 52.0 Å². The molecule has 2 rings (SSSR count). The molecule has 0 unspecified atom stereocenters. The van der Waals surface area contributed by atoms with E-state index < -0.39 is 0 Å². The minimum atomic E-state index is 0.842. The lowest BCUT2D eigenvalue weighted by atomic mass is 9.98. The standard InChI is InChI=1S/C9H12.C8H16.C2H6/c1-3-9-6-4-8(2)5-7-9;1-3-5-8(4-2)6-7-8;1-2/h4-7H,3H2,1-2H3;3-7H2,1-2H3;1-2H3. The molecule has 0 N–H and O–H groups in total. The Balaban J connectivity index is 0.000000303. The fourth-order valence-corrected chi connectivity index (χ4v) is 2.31. The summed E-state index contributed by atoms with van der Waals surface area (Å²) in [5.41, 5.74) is 3.60. The summed E-state index contributed by atoms with van der Waals surface area (Å²) in [4.78, 5) is 0. The predicted molar refractivity (Wildman–Crippen MR) is 88.8 cm³/mol. The van der Waals surface area contributed by atoms with Crippen LogP contribution in [-0.2, 0) is 6.42 Å². The summed E-state index contributed by atoms with van der Waals surface area (Å²) in [5, 5.41) is 0. The van der Waals surface area contributed by atoms with Gasteiger partial charge >= 0.3 is 0 Å². The monoisotopic (exact) mass is 262 g/mol. The highest BCUT2D eigenvalue weighted by Gasteiger charge is 2.38. The second-order valence-electron chi connectivity index (χ2n) is 5.44. The number of rotatable bonds is 4. The van der Waals surface area contributed by atoms with Crippen molar-refractivity contribution in [3.05, 3.63) is 35.4 Å². The summed E-state index contributed by atoms with van der Waals surface area (Å²) >= 11 is 0. The van der Waals surface area contributed by atoms with E-state index in [9.17, 15) is 0 Å². The Hall–Kier alpha value is -0.780. The largest absolute Gasteiger partial charge is 0.0683 e. The Morgan fingerprint density at radius 2 is 1.47 bits per heavy atom. The van der Waals surface area contributed by atoms with E-state index in [1.807, 2.05) is 13.8 Å². The molecule has 0 heterocycles. The molecule has 1 fully saturated rings. The van der Waals surface area contributed by atoms with Crippen molar-refractivity contribution in [1.29, 1.82) is 0 Å².